The zero-order valence-electron chi connectivity index (χ0n) is 5.95. The molecule has 10 heavy (non-hydrogen) atoms. The zero-order valence-corrected chi connectivity index (χ0v) is 5.95. The molecule has 0 aromatic rings. The van der Waals surface area contributed by atoms with Gasteiger partial charge in [-0.2, -0.15) is 0 Å². The molecule has 0 heterocycles. The van der Waals surface area contributed by atoms with Gasteiger partial charge in [0.25, 0.3) is 0 Å². The van der Waals surface area contributed by atoms with Crippen LogP contribution in [0.1, 0.15) is 0 Å². The molecule has 0 unspecified atom stereocenters. The van der Waals surface area contributed by atoms with Crippen molar-refractivity contribution in [1.82, 2.24) is 0 Å². The fourth-order valence-electron chi connectivity index (χ4n) is 0.685. The highest BCUT2D eigenvalue weighted by Gasteiger charge is 1.84. The van der Waals surface area contributed by atoms with E-state index >= 15 is 0 Å². The quantitative estimate of drug-likeness (QED) is 0.534. The van der Waals surface area contributed by atoms with Gasteiger partial charge in [-0.05, 0) is 12.2 Å². The van der Waals surface area contributed by atoms with Gasteiger partial charge in [-0.1, -0.05) is 30.4 Å². The first-order valence-corrected chi connectivity index (χ1v) is 3.19. The molecule has 0 fully saturated rings. The van der Waals surface area contributed by atoms with Crippen LogP contribution in [0.15, 0.2) is 48.3 Å². The van der Waals surface area contributed by atoms with Gasteiger partial charge < -0.3 is 4.74 Å². The maximum absolute atomic E-state index is 5.02. The Hall–Kier alpha value is -1.24. The summed E-state index contributed by atoms with van der Waals surface area (Å²) < 4.78 is 5.02. The second-order valence-electron chi connectivity index (χ2n) is 1.90. The van der Waals surface area contributed by atoms with Gasteiger partial charge in [-0.3, -0.25) is 0 Å². The predicted molar refractivity (Wildman–Crippen MR) is 42.5 cm³/mol. The first-order chi connectivity index (χ1) is 4.93. The Morgan fingerprint density at radius 3 is 2.50 bits per heavy atom. The second-order valence-corrected chi connectivity index (χ2v) is 1.90. The smallest absolute Gasteiger partial charge is 0.118 e. The summed E-state index contributed by atoms with van der Waals surface area (Å²) in [6.45, 7) is 0. The van der Waals surface area contributed by atoms with E-state index in [1.54, 1.807) is 7.11 Å². The summed E-state index contributed by atoms with van der Waals surface area (Å²) in [5.41, 5.74) is 0. The van der Waals surface area contributed by atoms with Gasteiger partial charge in [0.2, 0.25) is 0 Å². The van der Waals surface area contributed by atoms with Crippen LogP contribution in [0.4, 0.5) is 0 Å². The van der Waals surface area contributed by atoms with Gasteiger partial charge in [0.1, 0.15) is 5.76 Å². The molecule has 0 spiro atoms. The summed E-state index contributed by atoms with van der Waals surface area (Å²) >= 11 is 0. The van der Waals surface area contributed by atoms with Gasteiger partial charge in [-0.15, -0.1) is 0 Å². The molecular formula is C9H10O. The maximum Gasteiger partial charge on any atom is 0.118 e. The molecule has 0 bridgehead atoms. The highest BCUT2D eigenvalue weighted by molar-refractivity contribution is 5.27. The Labute approximate surface area is 61.0 Å². The highest BCUT2D eigenvalue weighted by Crippen LogP contribution is 2.00. The fourth-order valence-corrected chi connectivity index (χ4v) is 0.685. The summed E-state index contributed by atoms with van der Waals surface area (Å²) in [5.74, 6) is 0.876. The van der Waals surface area contributed by atoms with Crippen LogP contribution in [0.3, 0.4) is 0 Å². The SMILES string of the molecule is COC1=C/C=C\C=C/C=C1. The van der Waals surface area contributed by atoms with Gasteiger partial charge in [0.15, 0.2) is 0 Å². The number of ether oxygens (including phenoxy) is 1. The van der Waals surface area contributed by atoms with E-state index in [4.69, 9.17) is 4.74 Å². The molecule has 1 rings (SSSR count). The number of allylic oxidation sites excluding steroid dienone is 7. The molecule has 0 N–H and O–H groups in total. The Morgan fingerprint density at radius 1 is 1.00 bits per heavy atom. The lowest BCUT2D eigenvalue weighted by Crippen LogP contribution is -1.80. The van der Waals surface area contributed by atoms with Crippen LogP contribution in [0, 0.1) is 0 Å². The molecule has 0 aromatic carbocycles. The van der Waals surface area contributed by atoms with E-state index in [9.17, 15) is 0 Å². The lowest BCUT2D eigenvalue weighted by Gasteiger charge is -1.97. The van der Waals surface area contributed by atoms with Crippen molar-refractivity contribution in [2.75, 3.05) is 7.11 Å². The Balaban J connectivity index is 2.73. The molecule has 0 saturated carbocycles. The van der Waals surface area contributed by atoms with Crippen LogP contribution in [0.5, 0.6) is 0 Å². The van der Waals surface area contributed by atoms with Gasteiger partial charge >= 0.3 is 0 Å². The van der Waals surface area contributed by atoms with E-state index < -0.39 is 0 Å². The zero-order chi connectivity index (χ0) is 7.23. The normalized spacial score (nSPS) is 22.3. The van der Waals surface area contributed by atoms with Gasteiger partial charge in [-0.25, -0.2) is 0 Å². The molecule has 0 aliphatic heterocycles. The van der Waals surface area contributed by atoms with Gasteiger partial charge in [0, 0.05) is 0 Å². The van der Waals surface area contributed by atoms with Crippen LogP contribution < -0.4 is 0 Å². The first-order valence-electron chi connectivity index (χ1n) is 3.19. The van der Waals surface area contributed by atoms with Crippen molar-refractivity contribution in [3.8, 4) is 0 Å². The van der Waals surface area contributed by atoms with E-state index in [-0.39, 0.29) is 0 Å². The predicted octanol–water partition coefficient (Wildman–Crippen LogP) is 2.20. The summed E-state index contributed by atoms with van der Waals surface area (Å²) in [6, 6.07) is 0. The van der Waals surface area contributed by atoms with Crippen molar-refractivity contribution in [3.63, 3.8) is 0 Å². The van der Waals surface area contributed by atoms with Crippen molar-refractivity contribution in [3.05, 3.63) is 48.3 Å². The van der Waals surface area contributed by atoms with Crippen LogP contribution >= 0.6 is 0 Å². The second kappa shape index (κ2) is 3.72. The van der Waals surface area contributed by atoms with Crippen LogP contribution in [-0.4, -0.2) is 7.11 Å². The standard InChI is InChI=1S/C9H10O/c1-10-9-7-5-3-2-4-6-8-9/h2-8H,1H3/b3-2-,4-2?,5-3?,6-4-,7-5?,8-6?,9-7?,9-8?. The number of hydrogen-bond acceptors (Lipinski definition) is 1. The molecule has 1 aliphatic rings. The molecule has 1 aliphatic carbocycles. The highest BCUT2D eigenvalue weighted by atomic mass is 16.5. The fraction of sp³-hybridized carbons (Fsp3) is 0.111. The van der Waals surface area contributed by atoms with Crippen molar-refractivity contribution >= 4 is 0 Å². The molecule has 52 valence electrons. The number of hydrogen-bond donors (Lipinski definition) is 0. The van der Waals surface area contributed by atoms with E-state index in [1.807, 2.05) is 42.5 Å². The minimum atomic E-state index is 0.876. The third-order valence-electron chi connectivity index (χ3n) is 1.20. The monoisotopic (exact) mass is 134 g/mol. The molecule has 0 atom stereocenters. The van der Waals surface area contributed by atoms with Crippen molar-refractivity contribution < 1.29 is 4.74 Å². The number of rotatable bonds is 1. The molecule has 0 saturated heterocycles. The van der Waals surface area contributed by atoms with E-state index in [1.165, 1.54) is 0 Å². The summed E-state index contributed by atoms with van der Waals surface area (Å²) in [6.07, 6.45) is 13.6. The Bertz CT molecular complexity index is 207. The van der Waals surface area contributed by atoms with E-state index in [0.717, 1.165) is 5.76 Å². The van der Waals surface area contributed by atoms with Gasteiger partial charge in [0.05, 0.1) is 7.11 Å². The van der Waals surface area contributed by atoms with Crippen molar-refractivity contribution in [2.24, 2.45) is 0 Å². The largest absolute Gasteiger partial charge is 0.497 e. The van der Waals surface area contributed by atoms with Crippen molar-refractivity contribution in [2.45, 2.75) is 0 Å². The lowest BCUT2D eigenvalue weighted by atomic mass is 10.3. The molecule has 0 radical (unpaired) electrons. The topological polar surface area (TPSA) is 9.23 Å². The molecule has 0 aromatic heterocycles. The average molecular weight is 134 g/mol. The summed E-state index contributed by atoms with van der Waals surface area (Å²) in [7, 11) is 1.66. The lowest BCUT2D eigenvalue weighted by molar-refractivity contribution is 0.307. The van der Waals surface area contributed by atoms with Crippen molar-refractivity contribution in [1.29, 1.82) is 0 Å². The minimum absolute atomic E-state index is 0.876. The van der Waals surface area contributed by atoms with Crippen LogP contribution in [-0.2, 0) is 4.74 Å². The Kier molecular flexibility index (Phi) is 2.56. The van der Waals surface area contributed by atoms with Crippen LogP contribution in [0.2, 0.25) is 0 Å². The minimum Gasteiger partial charge on any atom is -0.497 e. The third kappa shape index (κ3) is 1.94. The van der Waals surface area contributed by atoms with E-state index in [0.29, 0.717) is 0 Å². The first kappa shape index (κ1) is 6.87. The molecular weight excluding hydrogens is 124 g/mol. The molecule has 0 amide bonds. The Morgan fingerprint density at radius 2 is 1.70 bits per heavy atom. The third-order valence-corrected chi connectivity index (χ3v) is 1.20. The van der Waals surface area contributed by atoms with Crippen LogP contribution in [0.25, 0.3) is 0 Å². The maximum atomic E-state index is 5.02. The molecule has 1 heteroatoms. The van der Waals surface area contributed by atoms with E-state index in [2.05, 4.69) is 0 Å². The molecule has 1 nitrogen and oxygen atoms in total. The summed E-state index contributed by atoms with van der Waals surface area (Å²) in [5, 5.41) is 0. The average Bonchev–Trinajstić information content (AvgIpc) is 1.87. The number of methoxy groups -OCH3 is 1. The summed E-state index contributed by atoms with van der Waals surface area (Å²) in [4.78, 5) is 0.